The van der Waals surface area contributed by atoms with Gasteiger partial charge in [-0.2, -0.15) is 0 Å². The molecule has 0 aliphatic rings. The molecule has 0 aliphatic heterocycles. The summed E-state index contributed by atoms with van der Waals surface area (Å²) in [6.07, 6.45) is 2.80. The maximum absolute atomic E-state index is 4.30. The first-order valence-corrected chi connectivity index (χ1v) is 9.67. The Bertz CT molecular complexity index is 683. The van der Waals surface area contributed by atoms with Gasteiger partial charge in [0.05, 0.1) is 6.54 Å². The molecule has 0 aliphatic carbocycles. The van der Waals surface area contributed by atoms with Crippen molar-refractivity contribution in [3.05, 3.63) is 42.5 Å². The third-order valence-electron chi connectivity index (χ3n) is 4.50. The van der Waals surface area contributed by atoms with Crippen LogP contribution in [-0.2, 0) is 6.54 Å². The van der Waals surface area contributed by atoms with Crippen LogP contribution in [-0.4, -0.2) is 57.8 Å². The summed E-state index contributed by atoms with van der Waals surface area (Å²) >= 11 is 0. The summed E-state index contributed by atoms with van der Waals surface area (Å²) in [7, 11) is 1.78. The molecule has 1 aromatic carbocycles. The van der Waals surface area contributed by atoms with E-state index in [1.165, 1.54) is 0 Å². The summed E-state index contributed by atoms with van der Waals surface area (Å²) in [6, 6.07) is 11.2. The average molecular weight is 372 g/mol. The monoisotopic (exact) mass is 371 g/mol. The first-order chi connectivity index (χ1) is 13.0. The lowest BCUT2D eigenvalue weighted by atomic mass is 10.2. The minimum Gasteiger partial charge on any atom is -0.356 e. The molecule has 0 unspecified atom stereocenters. The van der Waals surface area contributed by atoms with Gasteiger partial charge in [-0.05, 0) is 46.2 Å². The van der Waals surface area contributed by atoms with E-state index in [1.54, 1.807) is 13.4 Å². The topological polar surface area (TPSA) is 70.4 Å². The maximum Gasteiger partial charge on any atom is 0.191 e. The van der Waals surface area contributed by atoms with Crippen LogP contribution in [0.1, 0.15) is 39.9 Å². The van der Waals surface area contributed by atoms with E-state index in [4.69, 9.17) is 0 Å². The largest absolute Gasteiger partial charge is 0.356 e. The summed E-state index contributed by atoms with van der Waals surface area (Å²) in [5, 5.41) is 15.0. The van der Waals surface area contributed by atoms with Crippen molar-refractivity contribution in [1.29, 1.82) is 0 Å². The smallest absolute Gasteiger partial charge is 0.191 e. The summed E-state index contributed by atoms with van der Waals surface area (Å²) in [5.74, 6) is 1.62. The van der Waals surface area contributed by atoms with Crippen LogP contribution in [0, 0.1) is 0 Å². The molecule has 2 N–H and O–H groups in total. The first-order valence-electron chi connectivity index (χ1n) is 9.67. The molecule has 0 atom stereocenters. The molecule has 7 heteroatoms. The van der Waals surface area contributed by atoms with Crippen LogP contribution < -0.4 is 10.6 Å². The Hall–Kier alpha value is -2.41. The molecule has 1 heterocycles. The van der Waals surface area contributed by atoms with E-state index in [-0.39, 0.29) is 0 Å². The molecule has 0 saturated carbocycles. The van der Waals surface area contributed by atoms with Crippen LogP contribution in [0.3, 0.4) is 0 Å². The van der Waals surface area contributed by atoms with Crippen molar-refractivity contribution in [2.24, 2.45) is 4.99 Å². The molecular formula is C20H33N7. The zero-order valence-electron chi connectivity index (χ0n) is 17.2. The number of hydrogen-bond acceptors (Lipinski definition) is 4. The molecule has 1 aromatic heterocycles. The summed E-state index contributed by atoms with van der Waals surface area (Å²) in [5.41, 5.74) is 1.05. The van der Waals surface area contributed by atoms with E-state index in [0.717, 1.165) is 37.0 Å². The molecule has 0 fully saturated rings. The number of aliphatic imine (C=N–C) groups is 1. The van der Waals surface area contributed by atoms with Gasteiger partial charge in [0, 0.05) is 37.9 Å². The van der Waals surface area contributed by atoms with E-state index in [2.05, 4.69) is 58.4 Å². The van der Waals surface area contributed by atoms with Crippen LogP contribution in [0.4, 0.5) is 0 Å². The first kappa shape index (κ1) is 20.9. The van der Waals surface area contributed by atoms with Crippen LogP contribution in [0.15, 0.2) is 41.7 Å². The quantitative estimate of drug-likeness (QED) is 0.402. The number of hydrogen-bond donors (Lipinski definition) is 2. The van der Waals surface area contributed by atoms with Crippen LogP contribution in [0.5, 0.6) is 0 Å². The second kappa shape index (κ2) is 10.7. The van der Waals surface area contributed by atoms with Crippen LogP contribution in [0.25, 0.3) is 5.69 Å². The van der Waals surface area contributed by atoms with Gasteiger partial charge in [-0.15, -0.1) is 10.2 Å². The van der Waals surface area contributed by atoms with Gasteiger partial charge in [0.2, 0.25) is 0 Å². The molecule has 27 heavy (non-hydrogen) atoms. The van der Waals surface area contributed by atoms with E-state index < -0.39 is 0 Å². The van der Waals surface area contributed by atoms with Crippen molar-refractivity contribution in [1.82, 2.24) is 30.3 Å². The van der Waals surface area contributed by atoms with Gasteiger partial charge in [0.1, 0.15) is 6.33 Å². The fraction of sp³-hybridized carbons (Fsp3) is 0.550. The second-order valence-corrected chi connectivity index (χ2v) is 7.08. The van der Waals surface area contributed by atoms with Gasteiger partial charge < -0.3 is 10.6 Å². The zero-order valence-corrected chi connectivity index (χ0v) is 17.2. The molecule has 0 saturated heterocycles. The van der Waals surface area contributed by atoms with E-state index in [9.17, 15) is 0 Å². The van der Waals surface area contributed by atoms with Crippen molar-refractivity contribution < 1.29 is 0 Å². The molecule has 0 radical (unpaired) electrons. The highest BCUT2D eigenvalue weighted by Gasteiger charge is 2.12. The third kappa shape index (κ3) is 6.36. The van der Waals surface area contributed by atoms with E-state index >= 15 is 0 Å². The number of guanidine groups is 1. The highest BCUT2D eigenvalue weighted by atomic mass is 15.3. The highest BCUT2D eigenvalue weighted by Crippen LogP contribution is 2.08. The number of para-hydroxylation sites is 1. The summed E-state index contributed by atoms with van der Waals surface area (Å²) < 4.78 is 1.98. The second-order valence-electron chi connectivity index (χ2n) is 7.08. The van der Waals surface area contributed by atoms with Gasteiger partial charge in [-0.3, -0.25) is 14.5 Å². The van der Waals surface area contributed by atoms with Gasteiger partial charge >= 0.3 is 0 Å². The molecule has 2 aromatic rings. The Morgan fingerprint density at radius 2 is 1.81 bits per heavy atom. The molecule has 0 amide bonds. The Labute approximate surface area is 162 Å². The Morgan fingerprint density at radius 3 is 2.44 bits per heavy atom. The zero-order chi connectivity index (χ0) is 19.6. The van der Waals surface area contributed by atoms with E-state index in [1.807, 2.05) is 34.9 Å². The molecule has 7 nitrogen and oxygen atoms in total. The number of aromatic nitrogens is 3. The highest BCUT2D eigenvalue weighted by molar-refractivity contribution is 5.79. The van der Waals surface area contributed by atoms with Crippen molar-refractivity contribution in [3.63, 3.8) is 0 Å². The minimum absolute atomic E-state index is 0.554. The Kier molecular flexibility index (Phi) is 8.26. The van der Waals surface area contributed by atoms with Gasteiger partial charge in [-0.1, -0.05) is 18.2 Å². The molecular weight excluding hydrogens is 338 g/mol. The van der Waals surface area contributed by atoms with Crippen molar-refractivity contribution >= 4 is 5.96 Å². The predicted molar refractivity (Wildman–Crippen MR) is 111 cm³/mol. The lowest BCUT2D eigenvalue weighted by Gasteiger charge is -2.30. The summed E-state index contributed by atoms with van der Waals surface area (Å²) in [6.45, 7) is 11.5. The minimum atomic E-state index is 0.554. The molecule has 0 spiro atoms. The Balaban J connectivity index is 1.81. The normalized spacial score (nSPS) is 12.2. The number of rotatable bonds is 9. The average Bonchev–Trinajstić information content (AvgIpc) is 3.12. The predicted octanol–water partition coefficient (Wildman–Crippen LogP) is 2.44. The lowest BCUT2D eigenvalue weighted by Crippen LogP contribution is -2.41. The fourth-order valence-electron chi connectivity index (χ4n) is 3.15. The van der Waals surface area contributed by atoms with Gasteiger partial charge in [0.25, 0.3) is 0 Å². The van der Waals surface area contributed by atoms with Crippen molar-refractivity contribution in [2.45, 2.75) is 52.7 Å². The van der Waals surface area contributed by atoms with E-state index in [0.29, 0.717) is 18.6 Å². The van der Waals surface area contributed by atoms with Crippen molar-refractivity contribution in [3.8, 4) is 5.69 Å². The fourth-order valence-corrected chi connectivity index (χ4v) is 3.15. The molecule has 148 valence electrons. The van der Waals surface area contributed by atoms with Gasteiger partial charge in [-0.25, -0.2) is 0 Å². The molecule has 0 bridgehead atoms. The number of benzene rings is 1. The Morgan fingerprint density at radius 1 is 1.11 bits per heavy atom. The maximum atomic E-state index is 4.30. The van der Waals surface area contributed by atoms with Crippen LogP contribution in [0.2, 0.25) is 0 Å². The number of nitrogens with zero attached hydrogens (tertiary/aromatic N) is 5. The lowest BCUT2D eigenvalue weighted by molar-refractivity contribution is 0.173. The SMILES string of the molecule is CN=C(NCCCN(C(C)C)C(C)C)NCc1nncn1-c1ccccc1. The summed E-state index contributed by atoms with van der Waals surface area (Å²) in [4.78, 5) is 6.80. The van der Waals surface area contributed by atoms with Crippen LogP contribution >= 0.6 is 0 Å². The van der Waals surface area contributed by atoms with Gasteiger partial charge in [0.15, 0.2) is 11.8 Å². The van der Waals surface area contributed by atoms with Crippen molar-refractivity contribution in [2.75, 3.05) is 20.1 Å². The standard InChI is InChI=1S/C20H33N7/c1-16(2)26(17(3)4)13-9-12-22-20(21-5)23-14-19-25-24-15-27(19)18-10-7-6-8-11-18/h6-8,10-11,15-17H,9,12-14H2,1-5H3,(H2,21,22,23). The third-order valence-corrected chi connectivity index (χ3v) is 4.50. The number of nitrogens with one attached hydrogen (secondary N) is 2. The molecule has 2 rings (SSSR count).